The number of nitrogens with one attached hydrogen (secondary N) is 1. The summed E-state index contributed by atoms with van der Waals surface area (Å²) in [5.41, 5.74) is 0. The fourth-order valence-corrected chi connectivity index (χ4v) is 4.60. The first-order valence-corrected chi connectivity index (χ1v) is 10.3. The van der Waals surface area contributed by atoms with Crippen molar-refractivity contribution in [1.29, 1.82) is 0 Å². The van der Waals surface area contributed by atoms with Crippen LogP contribution in [0.3, 0.4) is 0 Å². The van der Waals surface area contributed by atoms with Crippen molar-refractivity contribution in [2.75, 3.05) is 44.2 Å². The molecule has 4 rings (SSSR count). The number of carbonyl (C=O) groups excluding carboxylic acids is 1. The Bertz CT molecular complexity index is 709. The largest absolute Gasteiger partial charge is 0.355 e. The van der Waals surface area contributed by atoms with Gasteiger partial charge in [-0.25, -0.2) is 0 Å². The lowest BCUT2D eigenvalue weighted by atomic mass is 9.97. The molecule has 7 nitrogen and oxygen atoms in total. The monoisotopic (exact) mass is 374 g/mol. The summed E-state index contributed by atoms with van der Waals surface area (Å²) in [6.45, 7) is 5.75. The van der Waals surface area contributed by atoms with Gasteiger partial charge in [0.25, 0.3) is 0 Å². The minimum atomic E-state index is 0.0428. The lowest BCUT2D eigenvalue weighted by molar-refractivity contribution is -0.125. The molecular formula is C18H26N6OS. The number of hydrogen-bond donors (Lipinski definition) is 1. The van der Waals surface area contributed by atoms with Crippen LogP contribution in [0.1, 0.15) is 25.7 Å². The van der Waals surface area contributed by atoms with Crippen LogP contribution in [0, 0.1) is 5.92 Å². The molecule has 0 unspecified atom stereocenters. The van der Waals surface area contributed by atoms with E-state index in [1.807, 2.05) is 29.1 Å². The molecule has 0 saturated carbocycles. The van der Waals surface area contributed by atoms with E-state index in [9.17, 15) is 4.79 Å². The van der Waals surface area contributed by atoms with Gasteiger partial charge in [-0.3, -0.25) is 9.36 Å². The lowest BCUT2D eigenvalue weighted by Crippen LogP contribution is -2.44. The maximum absolute atomic E-state index is 12.5. The number of aromatic nitrogens is 3. The van der Waals surface area contributed by atoms with Crippen LogP contribution in [0.25, 0.3) is 5.13 Å². The molecular weight excluding hydrogens is 348 g/mol. The topological polar surface area (TPSA) is 66.3 Å². The molecule has 2 aliphatic rings. The number of hydrogen-bond acceptors (Lipinski definition) is 6. The number of amides is 1. The average molecular weight is 375 g/mol. The minimum Gasteiger partial charge on any atom is -0.355 e. The highest BCUT2D eigenvalue weighted by Gasteiger charge is 2.27. The van der Waals surface area contributed by atoms with Gasteiger partial charge >= 0.3 is 0 Å². The van der Waals surface area contributed by atoms with Crippen LogP contribution in [-0.2, 0) is 4.79 Å². The molecule has 26 heavy (non-hydrogen) atoms. The molecule has 2 fully saturated rings. The van der Waals surface area contributed by atoms with Crippen molar-refractivity contribution in [1.82, 2.24) is 25.0 Å². The normalized spacial score (nSPS) is 21.2. The smallest absolute Gasteiger partial charge is 0.224 e. The number of rotatable bonds is 6. The van der Waals surface area contributed by atoms with E-state index in [1.165, 1.54) is 25.9 Å². The zero-order chi connectivity index (χ0) is 17.8. The Morgan fingerprint density at radius 1 is 1.12 bits per heavy atom. The van der Waals surface area contributed by atoms with E-state index in [2.05, 4.69) is 25.3 Å². The lowest BCUT2D eigenvalue weighted by Gasteiger charge is -2.31. The molecule has 0 bridgehead atoms. The number of nitrogens with zero attached hydrogens (tertiary/aromatic N) is 5. The molecule has 4 heterocycles. The van der Waals surface area contributed by atoms with Crippen LogP contribution in [0.5, 0.6) is 0 Å². The Morgan fingerprint density at radius 3 is 2.69 bits per heavy atom. The Balaban J connectivity index is 1.30. The molecule has 8 heteroatoms. The predicted molar refractivity (Wildman–Crippen MR) is 103 cm³/mol. The van der Waals surface area contributed by atoms with Gasteiger partial charge < -0.3 is 15.1 Å². The molecule has 1 amide bonds. The van der Waals surface area contributed by atoms with Crippen molar-refractivity contribution in [3.63, 3.8) is 0 Å². The Kier molecular flexibility index (Phi) is 5.50. The maximum atomic E-state index is 12.5. The third-order valence-corrected chi connectivity index (χ3v) is 6.22. The van der Waals surface area contributed by atoms with Crippen LogP contribution in [0.15, 0.2) is 24.5 Å². The third-order valence-electron chi connectivity index (χ3n) is 5.22. The first kappa shape index (κ1) is 17.5. The second-order valence-electron chi connectivity index (χ2n) is 7.08. The summed E-state index contributed by atoms with van der Waals surface area (Å²) in [5.74, 6) is 0.227. The van der Waals surface area contributed by atoms with Crippen molar-refractivity contribution >= 4 is 22.4 Å². The van der Waals surface area contributed by atoms with E-state index < -0.39 is 0 Å². The summed E-state index contributed by atoms with van der Waals surface area (Å²) in [4.78, 5) is 17.2. The van der Waals surface area contributed by atoms with Crippen LogP contribution in [0.4, 0.5) is 5.13 Å². The van der Waals surface area contributed by atoms with Gasteiger partial charge in [0.2, 0.25) is 16.2 Å². The maximum Gasteiger partial charge on any atom is 0.224 e. The van der Waals surface area contributed by atoms with Crippen molar-refractivity contribution in [2.24, 2.45) is 5.92 Å². The van der Waals surface area contributed by atoms with Crippen LogP contribution < -0.4 is 10.2 Å². The molecule has 1 atom stereocenters. The molecule has 1 N–H and O–H groups in total. The summed E-state index contributed by atoms with van der Waals surface area (Å²) in [6.07, 6.45) is 8.49. The summed E-state index contributed by atoms with van der Waals surface area (Å²) in [5, 5.41) is 13.5. The van der Waals surface area contributed by atoms with Crippen LogP contribution in [-0.4, -0.2) is 64.8 Å². The van der Waals surface area contributed by atoms with Gasteiger partial charge in [0, 0.05) is 38.6 Å². The van der Waals surface area contributed by atoms with E-state index >= 15 is 0 Å². The van der Waals surface area contributed by atoms with Gasteiger partial charge in [-0.1, -0.05) is 11.3 Å². The van der Waals surface area contributed by atoms with E-state index in [-0.39, 0.29) is 11.8 Å². The average Bonchev–Trinajstić information content (AvgIpc) is 3.42. The standard InChI is InChI=1S/C18H26N6OS/c25-16(19-7-13-22-8-1-2-9-22)15-6-5-12-24(14-15)18-21-20-17(26-18)23-10-3-4-11-23/h3-4,10-11,15H,1-2,5-9,12-14H2,(H,19,25)/t15-/m1/s1. The number of piperidine rings is 1. The second-order valence-corrected chi connectivity index (χ2v) is 8.02. The number of likely N-dealkylation sites (tertiary alicyclic amines) is 1. The third kappa shape index (κ3) is 4.07. The van der Waals surface area contributed by atoms with Crippen LogP contribution >= 0.6 is 11.3 Å². The minimum absolute atomic E-state index is 0.0428. The molecule has 0 spiro atoms. The Labute approximate surface area is 158 Å². The molecule has 0 aliphatic carbocycles. The van der Waals surface area contributed by atoms with Crippen molar-refractivity contribution in [2.45, 2.75) is 25.7 Å². The van der Waals surface area contributed by atoms with E-state index in [0.717, 1.165) is 49.3 Å². The second kappa shape index (κ2) is 8.18. The first-order chi connectivity index (χ1) is 12.8. The number of carbonyl (C=O) groups is 1. The van der Waals surface area contributed by atoms with Gasteiger partial charge in [-0.15, -0.1) is 10.2 Å². The van der Waals surface area contributed by atoms with E-state index in [4.69, 9.17) is 0 Å². The van der Waals surface area contributed by atoms with Gasteiger partial charge in [0.1, 0.15) is 0 Å². The molecule has 2 aromatic rings. The fraction of sp³-hybridized carbons (Fsp3) is 0.611. The zero-order valence-corrected chi connectivity index (χ0v) is 15.8. The molecule has 2 aliphatic heterocycles. The summed E-state index contributed by atoms with van der Waals surface area (Å²) < 4.78 is 1.97. The first-order valence-electron chi connectivity index (χ1n) is 9.51. The highest BCUT2D eigenvalue weighted by Crippen LogP contribution is 2.27. The van der Waals surface area contributed by atoms with E-state index in [1.54, 1.807) is 11.3 Å². The van der Waals surface area contributed by atoms with Gasteiger partial charge in [-0.2, -0.15) is 0 Å². The summed E-state index contributed by atoms with van der Waals surface area (Å²) in [7, 11) is 0. The van der Waals surface area contributed by atoms with Gasteiger partial charge in [0.05, 0.1) is 5.92 Å². The van der Waals surface area contributed by atoms with Crippen molar-refractivity contribution < 1.29 is 4.79 Å². The number of anilines is 1. The molecule has 140 valence electrons. The van der Waals surface area contributed by atoms with Crippen molar-refractivity contribution in [3.05, 3.63) is 24.5 Å². The van der Waals surface area contributed by atoms with E-state index in [0.29, 0.717) is 0 Å². The summed E-state index contributed by atoms with van der Waals surface area (Å²) >= 11 is 1.57. The molecule has 0 aromatic carbocycles. The molecule has 2 aromatic heterocycles. The SMILES string of the molecule is O=C(NCCN1CCCC1)[C@@H]1CCCN(c2nnc(-n3cccc3)s2)C1. The van der Waals surface area contributed by atoms with Gasteiger partial charge in [0.15, 0.2) is 0 Å². The van der Waals surface area contributed by atoms with Crippen LogP contribution in [0.2, 0.25) is 0 Å². The zero-order valence-electron chi connectivity index (χ0n) is 15.0. The predicted octanol–water partition coefficient (Wildman–Crippen LogP) is 1.76. The fourth-order valence-electron chi connectivity index (χ4n) is 3.75. The quantitative estimate of drug-likeness (QED) is 0.835. The molecule has 2 saturated heterocycles. The highest BCUT2D eigenvalue weighted by molar-refractivity contribution is 7.17. The highest BCUT2D eigenvalue weighted by atomic mass is 32.1. The molecule has 0 radical (unpaired) electrons. The Morgan fingerprint density at radius 2 is 1.88 bits per heavy atom. The van der Waals surface area contributed by atoms with Gasteiger partial charge in [-0.05, 0) is 50.9 Å². The summed E-state index contributed by atoms with van der Waals surface area (Å²) in [6, 6.07) is 3.95. The Hall–Kier alpha value is -1.93. The van der Waals surface area contributed by atoms with Crippen molar-refractivity contribution in [3.8, 4) is 5.13 Å².